The second-order valence-electron chi connectivity index (χ2n) is 4.28. The van der Waals surface area contributed by atoms with Crippen LogP contribution in [0.1, 0.15) is 26.5 Å². The zero-order valence-electron chi connectivity index (χ0n) is 8.91. The summed E-state index contributed by atoms with van der Waals surface area (Å²) in [6.07, 6.45) is 0.816. The van der Waals surface area contributed by atoms with Gasteiger partial charge in [0.05, 0.1) is 5.69 Å². The summed E-state index contributed by atoms with van der Waals surface area (Å²) in [5.41, 5.74) is 6.48. The first-order chi connectivity index (χ1) is 6.47. The molecule has 0 atom stereocenters. The van der Waals surface area contributed by atoms with Crippen LogP contribution in [0.3, 0.4) is 0 Å². The maximum absolute atomic E-state index is 5.48. The number of hydrogen-bond donors (Lipinski definition) is 2. The Labute approximate surface area is 84.1 Å². The Morgan fingerprint density at radius 2 is 2.07 bits per heavy atom. The van der Waals surface area contributed by atoms with E-state index in [9.17, 15) is 0 Å². The van der Waals surface area contributed by atoms with E-state index in [0.717, 1.165) is 18.7 Å². The molecule has 78 valence electrons. The lowest BCUT2D eigenvalue weighted by Crippen LogP contribution is -2.37. The highest BCUT2D eigenvalue weighted by Gasteiger charge is 2.08. The summed E-state index contributed by atoms with van der Waals surface area (Å²) in [5, 5.41) is 14.4. The van der Waals surface area contributed by atoms with Gasteiger partial charge in [-0.25, -0.2) is 0 Å². The number of nitrogens with two attached hydrogens (primary N) is 1. The van der Waals surface area contributed by atoms with E-state index < -0.39 is 0 Å². The predicted octanol–water partition coefficient (Wildman–Crippen LogP) is 0.384. The third kappa shape index (κ3) is 4.13. The molecule has 0 saturated heterocycles. The van der Waals surface area contributed by atoms with Crippen molar-refractivity contribution in [1.82, 2.24) is 20.7 Å². The summed E-state index contributed by atoms with van der Waals surface area (Å²) < 4.78 is 0. The van der Waals surface area contributed by atoms with Crippen LogP contribution in [0, 0.1) is 0 Å². The normalized spacial score (nSPS) is 11.6. The van der Waals surface area contributed by atoms with Gasteiger partial charge in [-0.2, -0.15) is 0 Å². The topological polar surface area (TPSA) is 76.7 Å². The number of rotatable bonds is 3. The lowest BCUT2D eigenvalue weighted by Gasteiger charge is -2.20. The van der Waals surface area contributed by atoms with Crippen molar-refractivity contribution in [1.29, 1.82) is 0 Å². The van der Waals surface area contributed by atoms with Crippen LogP contribution < -0.4 is 11.1 Å². The number of aromatic nitrogens is 3. The van der Waals surface area contributed by atoms with Crippen LogP contribution in [0.5, 0.6) is 0 Å². The van der Waals surface area contributed by atoms with E-state index in [2.05, 4.69) is 41.5 Å². The predicted molar refractivity (Wildman–Crippen MR) is 55.7 cm³/mol. The Hall–Kier alpha value is -1.23. The Bertz CT molecular complexity index is 291. The zero-order valence-corrected chi connectivity index (χ0v) is 8.91. The number of nitrogens with zero attached hydrogens (tertiary/aromatic N) is 3. The molecule has 0 amide bonds. The average Bonchev–Trinajstić information content (AvgIpc) is 2.01. The molecule has 3 N–H and O–H groups in total. The van der Waals surface area contributed by atoms with E-state index >= 15 is 0 Å². The van der Waals surface area contributed by atoms with Gasteiger partial charge in [0.2, 0.25) is 0 Å². The van der Waals surface area contributed by atoms with Gasteiger partial charge in [-0.15, -0.1) is 10.2 Å². The van der Waals surface area contributed by atoms with Gasteiger partial charge in [-0.05, 0) is 26.0 Å². The van der Waals surface area contributed by atoms with E-state index in [4.69, 9.17) is 5.73 Å². The van der Waals surface area contributed by atoms with Crippen molar-refractivity contribution in [2.75, 3.05) is 12.3 Å². The fourth-order valence-corrected chi connectivity index (χ4v) is 1.05. The fraction of sp³-hybridized carbons (Fsp3) is 0.667. The molecule has 0 aliphatic carbocycles. The molecule has 0 unspecified atom stereocenters. The Balaban J connectivity index is 2.39. The van der Waals surface area contributed by atoms with E-state index in [1.165, 1.54) is 0 Å². The summed E-state index contributed by atoms with van der Waals surface area (Å²) in [6, 6.07) is 1.75. The SMILES string of the molecule is CC(C)(C)NCCc1cc(N)nnn1. The molecular formula is C9H17N5. The molecule has 1 aromatic heterocycles. The molecule has 0 fully saturated rings. The Kier molecular flexibility index (Phi) is 3.35. The van der Waals surface area contributed by atoms with Crippen molar-refractivity contribution in [2.45, 2.75) is 32.7 Å². The van der Waals surface area contributed by atoms with Crippen LogP contribution in [0.2, 0.25) is 0 Å². The number of anilines is 1. The largest absolute Gasteiger partial charge is 0.382 e. The molecule has 1 aromatic rings. The Morgan fingerprint density at radius 1 is 1.36 bits per heavy atom. The highest BCUT2D eigenvalue weighted by atomic mass is 15.3. The minimum absolute atomic E-state index is 0.131. The zero-order chi connectivity index (χ0) is 10.6. The molecule has 5 heteroatoms. The van der Waals surface area contributed by atoms with Gasteiger partial charge in [-0.3, -0.25) is 0 Å². The smallest absolute Gasteiger partial charge is 0.149 e. The molecule has 14 heavy (non-hydrogen) atoms. The van der Waals surface area contributed by atoms with Crippen molar-refractivity contribution in [2.24, 2.45) is 0 Å². The first-order valence-electron chi connectivity index (χ1n) is 4.67. The van der Waals surface area contributed by atoms with Gasteiger partial charge in [0, 0.05) is 24.6 Å². The maximum Gasteiger partial charge on any atom is 0.149 e. The summed E-state index contributed by atoms with van der Waals surface area (Å²) in [4.78, 5) is 0. The number of hydrogen-bond acceptors (Lipinski definition) is 5. The second kappa shape index (κ2) is 4.32. The van der Waals surface area contributed by atoms with Gasteiger partial charge in [-0.1, -0.05) is 0 Å². The van der Waals surface area contributed by atoms with E-state index in [1.54, 1.807) is 6.07 Å². The van der Waals surface area contributed by atoms with E-state index in [0.29, 0.717) is 5.82 Å². The molecular weight excluding hydrogens is 178 g/mol. The van der Waals surface area contributed by atoms with Gasteiger partial charge in [0.15, 0.2) is 0 Å². The standard InChI is InChI=1S/C9H17N5/c1-9(2,3)11-5-4-7-6-8(10)13-14-12-7/h6,11H,4-5H2,1-3H3,(H2,10,12,13). The Morgan fingerprint density at radius 3 is 2.64 bits per heavy atom. The number of nitrogens with one attached hydrogen (secondary N) is 1. The molecule has 0 aromatic carbocycles. The molecule has 0 radical (unpaired) electrons. The van der Waals surface area contributed by atoms with E-state index in [1.807, 2.05) is 0 Å². The summed E-state index contributed by atoms with van der Waals surface area (Å²) in [5.74, 6) is 0.422. The van der Waals surface area contributed by atoms with Crippen LogP contribution >= 0.6 is 0 Å². The highest BCUT2D eigenvalue weighted by molar-refractivity contribution is 5.26. The van der Waals surface area contributed by atoms with Crippen LogP contribution in [0.4, 0.5) is 5.82 Å². The third-order valence-corrected chi connectivity index (χ3v) is 1.68. The minimum atomic E-state index is 0.131. The van der Waals surface area contributed by atoms with Crippen molar-refractivity contribution >= 4 is 5.82 Å². The first-order valence-corrected chi connectivity index (χ1v) is 4.67. The van der Waals surface area contributed by atoms with Gasteiger partial charge >= 0.3 is 0 Å². The van der Waals surface area contributed by atoms with Crippen LogP contribution in [0.25, 0.3) is 0 Å². The summed E-state index contributed by atoms with van der Waals surface area (Å²) in [7, 11) is 0. The average molecular weight is 195 g/mol. The fourth-order valence-electron chi connectivity index (χ4n) is 1.05. The van der Waals surface area contributed by atoms with Crippen molar-refractivity contribution in [3.8, 4) is 0 Å². The second-order valence-corrected chi connectivity index (χ2v) is 4.28. The number of nitrogen functional groups attached to an aromatic ring is 1. The summed E-state index contributed by atoms with van der Waals surface area (Å²) in [6.45, 7) is 7.24. The molecule has 0 bridgehead atoms. The third-order valence-electron chi connectivity index (χ3n) is 1.68. The van der Waals surface area contributed by atoms with Gasteiger partial charge in [0.25, 0.3) is 0 Å². The highest BCUT2D eigenvalue weighted by Crippen LogP contribution is 2.01. The van der Waals surface area contributed by atoms with Crippen molar-refractivity contribution < 1.29 is 0 Å². The molecule has 1 rings (SSSR count). The molecule has 1 heterocycles. The molecule has 0 spiro atoms. The molecule has 0 aliphatic heterocycles. The lowest BCUT2D eigenvalue weighted by molar-refractivity contribution is 0.428. The van der Waals surface area contributed by atoms with Gasteiger partial charge < -0.3 is 11.1 Å². The minimum Gasteiger partial charge on any atom is -0.382 e. The quantitative estimate of drug-likeness (QED) is 0.729. The van der Waals surface area contributed by atoms with Crippen LogP contribution in [0.15, 0.2) is 6.07 Å². The lowest BCUT2D eigenvalue weighted by atomic mass is 10.1. The summed E-state index contributed by atoms with van der Waals surface area (Å²) >= 11 is 0. The molecule has 5 nitrogen and oxygen atoms in total. The van der Waals surface area contributed by atoms with Crippen LogP contribution in [-0.4, -0.2) is 27.5 Å². The van der Waals surface area contributed by atoms with Crippen molar-refractivity contribution in [3.63, 3.8) is 0 Å². The molecule has 0 saturated carbocycles. The van der Waals surface area contributed by atoms with E-state index in [-0.39, 0.29) is 5.54 Å². The van der Waals surface area contributed by atoms with Gasteiger partial charge in [0.1, 0.15) is 5.82 Å². The first kappa shape index (κ1) is 10.8. The van der Waals surface area contributed by atoms with Crippen molar-refractivity contribution in [3.05, 3.63) is 11.8 Å². The van der Waals surface area contributed by atoms with Crippen LogP contribution in [-0.2, 0) is 6.42 Å². The molecule has 0 aliphatic rings. The monoisotopic (exact) mass is 195 g/mol. The maximum atomic E-state index is 5.48.